The Bertz CT molecular complexity index is 1390. The zero-order chi connectivity index (χ0) is 25.1. The third-order valence-corrected chi connectivity index (χ3v) is 6.17. The summed E-state index contributed by atoms with van der Waals surface area (Å²) in [5, 5.41) is 4.73. The highest BCUT2D eigenvalue weighted by atomic mass is 16.6. The third kappa shape index (κ3) is 4.59. The Balaban J connectivity index is 1.53. The predicted octanol–water partition coefficient (Wildman–Crippen LogP) is 3.99. The maximum absolute atomic E-state index is 13.7. The molecule has 4 aromatic rings. The molecule has 2 aromatic heterocycles. The van der Waals surface area contributed by atoms with Crippen molar-refractivity contribution >= 4 is 17.6 Å². The highest BCUT2D eigenvalue weighted by molar-refractivity contribution is 5.94. The molecule has 1 saturated heterocycles. The van der Waals surface area contributed by atoms with Gasteiger partial charge in [0.1, 0.15) is 11.4 Å². The van der Waals surface area contributed by atoms with Crippen LogP contribution in [0.3, 0.4) is 0 Å². The van der Waals surface area contributed by atoms with E-state index in [0.717, 1.165) is 16.8 Å². The van der Waals surface area contributed by atoms with E-state index >= 15 is 0 Å². The minimum Gasteiger partial charge on any atom is -0.497 e. The van der Waals surface area contributed by atoms with Gasteiger partial charge in [-0.05, 0) is 25.1 Å². The maximum Gasteiger partial charge on any atom is 0.409 e. The fourth-order valence-corrected chi connectivity index (χ4v) is 4.28. The van der Waals surface area contributed by atoms with Crippen molar-refractivity contribution in [3.05, 3.63) is 72.4 Å². The molecule has 1 fully saturated rings. The maximum atomic E-state index is 13.7. The predicted molar refractivity (Wildman–Crippen MR) is 135 cm³/mol. The van der Waals surface area contributed by atoms with Crippen LogP contribution in [-0.2, 0) is 4.74 Å². The van der Waals surface area contributed by atoms with E-state index in [9.17, 15) is 9.59 Å². The number of hydrogen-bond donors (Lipinski definition) is 0. The lowest BCUT2D eigenvalue weighted by Gasteiger charge is -2.34. The quantitative estimate of drug-likeness (QED) is 0.425. The summed E-state index contributed by atoms with van der Waals surface area (Å²) in [5.41, 5.74) is 4.13. The number of benzene rings is 2. The molecule has 0 N–H and O–H groups in total. The topological polar surface area (TPSA) is 89.3 Å². The molecule has 0 saturated carbocycles. The standard InChI is InChI=1S/C27H27N5O4/c1-3-36-27(34)31-14-12-30(13-15-31)26(33)24-17-22(20-10-7-11-21(16-20)35-2)28-25-18-23(29-32(24)25)19-8-5-4-6-9-19/h4-11,16-18H,3,12-15H2,1-2H3. The number of methoxy groups -OCH3 is 1. The molecular weight excluding hydrogens is 458 g/mol. The van der Waals surface area contributed by atoms with Gasteiger partial charge >= 0.3 is 6.09 Å². The molecular formula is C27H27N5O4. The number of nitrogens with zero attached hydrogens (tertiary/aromatic N) is 5. The van der Waals surface area contributed by atoms with E-state index in [1.807, 2.05) is 60.7 Å². The van der Waals surface area contributed by atoms with Crippen LogP contribution in [-0.4, -0.2) is 76.3 Å². The first kappa shape index (κ1) is 23.3. The molecule has 2 aromatic carbocycles. The summed E-state index contributed by atoms with van der Waals surface area (Å²) >= 11 is 0. The molecule has 36 heavy (non-hydrogen) atoms. The molecule has 3 heterocycles. The molecule has 0 bridgehead atoms. The van der Waals surface area contributed by atoms with Crippen molar-refractivity contribution in [3.63, 3.8) is 0 Å². The summed E-state index contributed by atoms with van der Waals surface area (Å²) in [6.45, 7) is 3.74. The minimum atomic E-state index is -0.351. The largest absolute Gasteiger partial charge is 0.497 e. The second kappa shape index (κ2) is 10.1. The number of rotatable bonds is 5. The van der Waals surface area contributed by atoms with Crippen molar-refractivity contribution in [2.45, 2.75) is 6.92 Å². The van der Waals surface area contributed by atoms with Gasteiger partial charge in [0, 0.05) is 43.4 Å². The first-order chi connectivity index (χ1) is 17.6. The van der Waals surface area contributed by atoms with Crippen molar-refractivity contribution in [2.75, 3.05) is 39.9 Å². The van der Waals surface area contributed by atoms with Crippen LogP contribution in [0.25, 0.3) is 28.2 Å². The highest BCUT2D eigenvalue weighted by Crippen LogP contribution is 2.27. The van der Waals surface area contributed by atoms with E-state index in [4.69, 9.17) is 19.6 Å². The van der Waals surface area contributed by atoms with Crippen molar-refractivity contribution < 1.29 is 19.1 Å². The van der Waals surface area contributed by atoms with E-state index in [-0.39, 0.29) is 12.0 Å². The van der Waals surface area contributed by atoms with Gasteiger partial charge < -0.3 is 19.3 Å². The molecule has 1 aliphatic rings. The van der Waals surface area contributed by atoms with Crippen molar-refractivity contribution in [3.8, 4) is 28.3 Å². The second-order valence-electron chi connectivity index (χ2n) is 8.40. The molecule has 9 heteroatoms. The van der Waals surface area contributed by atoms with Crippen LogP contribution >= 0.6 is 0 Å². The number of amides is 2. The lowest BCUT2D eigenvalue weighted by atomic mass is 10.1. The third-order valence-electron chi connectivity index (χ3n) is 6.17. The van der Waals surface area contributed by atoms with Gasteiger partial charge in [-0.15, -0.1) is 0 Å². The highest BCUT2D eigenvalue weighted by Gasteiger charge is 2.28. The van der Waals surface area contributed by atoms with Crippen molar-refractivity contribution in [1.29, 1.82) is 0 Å². The van der Waals surface area contributed by atoms with E-state index < -0.39 is 0 Å². The Morgan fingerprint density at radius 3 is 2.31 bits per heavy atom. The average Bonchev–Trinajstić information content (AvgIpc) is 3.37. The van der Waals surface area contributed by atoms with Gasteiger partial charge in [0.05, 0.1) is 25.1 Å². The van der Waals surface area contributed by atoms with Gasteiger partial charge in [-0.1, -0.05) is 42.5 Å². The Hall–Kier alpha value is -4.40. The average molecular weight is 486 g/mol. The smallest absolute Gasteiger partial charge is 0.409 e. The van der Waals surface area contributed by atoms with Crippen molar-refractivity contribution in [1.82, 2.24) is 24.4 Å². The minimum absolute atomic E-state index is 0.169. The normalized spacial score (nSPS) is 13.6. The van der Waals surface area contributed by atoms with Gasteiger partial charge in [0.25, 0.3) is 5.91 Å². The summed E-state index contributed by atoms with van der Waals surface area (Å²) in [6, 6.07) is 21.0. The molecule has 0 radical (unpaired) electrons. The van der Waals surface area contributed by atoms with Crippen LogP contribution in [0.5, 0.6) is 5.75 Å². The number of piperazine rings is 1. The van der Waals surface area contributed by atoms with Gasteiger partial charge in [-0.25, -0.2) is 14.3 Å². The molecule has 0 atom stereocenters. The lowest BCUT2D eigenvalue weighted by molar-refractivity contribution is 0.0563. The lowest BCUT2D eigenvalue weighted by Crippen LogP contribution is -2.51. The van der Waals surface area contributed by atoms with Crippen LogP contribution in [0, 0.1) is 0 Å². The molecule has 0 aliphatic carbocycles. The van der Waals surface area contributed by atoms with Gasteiger partial charge in [-0.2, -0.15) is 5.10 Å². The Morgan fingerprint density at radius 2 is 1.58 bits per heavy atom. The monoisotopic (exact) mass is 485 g/mol. The van der Waals surface area contributed by atoms with Crippen LogP contribution < -0.4 is 4.74 Å². The number of fused-ring (bicyclic) bond motifs is 1. The van der Waals surface area contributed by atoms with Crippen LogP contribution in [0.4, 0.5) is 4.79 Å². The summed E-state index contributed by atoms with van der Waals surface area (Å²) in [5.74, 6) is 0.536. The molecule has 2 amide bonds. The fraction of sp³-hybridized carbons (Fsp3) is 0.259. The van der Waals surface area contributed by atoms with Crippen molar-refractivity contribution in [2.24, 2.45) is 0 Å². The Morgan fingerprint density at radius 1 is 0.861 bits per heavy atom. The van der Waals surface area contributed by atoms with Gasteiger partial charge in [0.15, 0.2) is 5.65 Å². The number of aromatic nitrogens is 3. The number of carbonyl (C=O) groups excluding carboxylic acids is 2. The Kier molecular flexibility index (Phi) is 6.53. The molecule has 9 nitrogen and oxygen atoms in total. The summed E-state index contributed by atoms with van der Waals surface area (Å²) in [7, 11) is 1.61. The first-order valence-corrected chi connectivity index (χ1v) is 11.9. The summed E-state index contributed by atoms with van der Waals surface area (Å²) in [4.78, 5) is 34.0. The number of hydrogen-bond acceptors (Lipinski definition) is 6. The van der Waals surface area contributed by atoms with Crippen LogP contribution in [0.1, 0.15) is 17.4 Å². The SMILES string of the molecule is CCOC(=O)N1CCN(C(=O)c2cc(-c3cccc(OC)c3)nc3cc(-c4ccccc4)nn23)CC1. The second-order valence-corrected chi connectivity index (χ2v) is 8.40. The van der Waals surface area contributed by atoms with E-state index in [1.165, 1.54) is 0 Å². The van der Waals surface area contributed by atoms with E-state index in [0.29, 0.717) is 55.6 Å². The fourth-order valence-electron chi connectivity index (χ4n) is 4.28. The van der Waals surface area contributed by atoms with Gasteiger partial charge in [-0.3, -0.25) is 4.79 Å². The molecule has 5 rings (SSSR count). The zero-order valence-corrected chi connectivity index (χ0v) is 20.3. The molecule has 1 aliphatic heterocycles. The summed E-state index contributed by atoms with van der Waals surface area (Å²) < 4.78 is 12.1. The molecule has 0 spiro atoms. The first-order valence-electron chi connectivity index (χ1n) is 11.9. The number of ether oxygens (including phenoxy) is 2. The zero-order valence-electron chi connectivity index (χ0n) is 20.3. The van der Waals surface area contributed by atoms with E-state index in [2.05, 4.69) is 0 Å². The molecule has 184 valence electrons. The molecule has 0 unspecified atom stereocenters. The van der Waals surface area contributed by atoms with Gasteiger partial charge in [0.2, 0.25) is 0 Å². The Labute approximate surface area is 208 Å². The number of carbonyl (C=O) groups is 2. The van der Waals surface area contributed by atoms with Crippen LogP contribution in [0.2, 0.25) is 0 Å². The summed E-state index contributed by atoms with van der Waals surface area (Å²) in [6.07, 6.45) is -0.351. The van der Waals surface area contributed by atoms with E-state index in [1.54, 1.807) is 34.4 Å². The van der Waals surface area contributed by atoms with Crippen LogP contribution in [0.15, 0.2) is 66.7 Å².